The number of hydrogen-bond acceptors (Lipinski definition) is 2. The fraction of sp³-hybridized carbons (Fsp3) is 0.300. The van der Waals surface area contributed by atoms with Crippen LogP contribution in [0.15, 0.2) is 48.8 Å². The predicted molar refractivity (Wildman–Crippen MR) is 104 cm³/mol. The minimum Gasteiger partial charge on any atom is -0.278 e. The first-order chi connectivity index (χ1) is 11.7. The lowest BCUT2D eigenvalue weighted by Gasteiger charge is -1.90. The fourth-order valence-corrected chi connectivity index (χ4v) is 2.18. The van der Waals surface area contributed by atoms with Crippen LogP contribution in [0, 0.1) is 13.8 Å². The minimum absolute atomic E-state index is 1.10. The number of rotatable bonds is 0. The molecule has 4 heteroatoms. The van der Waals surface area contributed by atoms with Gasteiger partial charge in [-0.3, -0.25) is 10.2 Å². The van der Waals surface area contributed by atoms with Crippen LogP contribution in [0.25, 0.3) is 21.8 Å². The Balaban J connectivity index is 0.000000199. The van der Waals surface area contributed by atoms with Crippen molar-refractivity contribution in [1.82, 2.24) is 20.4 Å². The van der Waals surface area contributed by atoms with Crippen LogP contribution in [-0.4, -0.2) is 20.4 Å². The van der Waals surface area contributed by atoms with Crippen molar-refractivity contribution >= 4 is 21.8 Å². The van der Waals surface area contributed by atoms with Gasteiger partial charge in [-0.15, -0.1) is 0 Å². The number of aromatic amines is 2. The SMILES string of the molecule is CC.CC.Cc1ccc2[nH]ncc2c1.Cc1cccc2[nH]ncc12. The van der Waals surface area contributed by atoms with Gasteiger partial charge in [-0.1, -0.05) is 51.5 Å². The molecule has 0 fully saturated rings. The summed E-state index contributed by atoms with van der Waals surface area (Å²) in [6.45, 7) is 12.2. The molecule has 0 saturated heterocycles. The molecule has 0 atom stereocenters. The van der Waals surface area contributed by atoms with Gasteiger partial charge in [0.15, 0.2) is 0 Å². The van der Waals surface area contributed by atoms with E-state index in [-0.39, 0.29) is 0 Å². The van der Waals surface area contributed by atoms with E-state index in [9.17, 15) is 0 Å². The molecule has 2 aromatic heterocycles. The third kappa shape index (κ3) is 4.95. The van der Waals surface area contributed by atoms with E-state index in [1.54, 1.807) is 0 Å². The maximum absolute atomic E-state index is 3.94. The summed E-state index contributed by atoms with van der Waals surface area (Å²) >= 11 is 0. The van der Waals surface area contributed by atoms with E-state index in [2.05, 4.69) is 52.4 Å². The second-order valence-electron chi connectivity index (χ2n) is 4.87. The number of benzene rings is 2. The van der Waals surface area contributed by atoms with E-state index in [0.29, 0.717) is 0 Å². The predicted octanol–water partition coefficient (Wildman–Crippen LogP) is 5.80. The number of hydrogen-bond donors (Lipinski definition) is 2. The molecule has 0 amide bonds. The molecule has 4 nitrogen and oxygen atoms in total. The highest BCUT2D eigenvalue weighted by atomic mass is 15.1. The summed E-state index contributed by atoms with van der Waals surface area (Å²) in [5.74, 6) is 0. The zero-order valence-corrected chi connectivity index (χ0v) is 15.5. The van der Waals surface area contributed by atoms with Crippen LogP contribution in [0.5, 0.6) is 0 Å². The van der Waals surface area contributed by atoms with Crippen molar-refractivity contribution in [2.24, 2.45) is 0 Å². The molecule has 0 aliphatic heterocycles. The highest BCUT2D eigenvalue weighted by molar-refractivity contribution is 5.81. The number of H-pyrrole nitrogens is 2. The Bertz CT molecular complexity index is 842. The van der Waals surface area contributed by atoms with E-state index < -0.39 is 0 Å². The molecule has 0 saturated carbocycles. The first kappa shape index (κ1) is 19.4. The Labute approximate surface area is 144 Å². The molecule has 2 aromatic carbocycles. The molecular formula is C20H28N4. The summed E-state index contributed by atoms with van der Waals surface area (Å²) in [5.41, 5.74) is 4.76. The second kappa shape index (κ2) is 10.2. The smallest absolute Gasteiger partial charge is 0.0652 e. The summed E-state index contributed by atoms with van der Waals surface area (Å²) < 4.78 is 0. The molecule has 2 heterocycles. The van der Waals surface area contributed by atoms with Crippen LogP contribution in [0.4, 0.5) is 0 Å². The first-order valence-corrected chi connectivity index (χ1v) is 8.52. The molecule has 24 heavy (non-hydrogen) atoms. The Morgan fingerprint density at radius 3 is 2.12 bits per heavy atom. The third-order valence-electron chi connectivity index (χ3n) is 3.30. The maximum Gasteiger partial charge on any atom is 0.0652 e. The van der Waals surface area contributed by atoms with Crippen molar-refractivity contribution in [3.63, 3.8) is 0 Å². The van der Waals surface area contributed by atoms with Crippen LogP contribution in [0.2, 0.25) is 0 Å². The van der Waals surface area contributed by atoms with Gasteiger partial charge in [0.25, 0.3) is 0 Å². The Morgan fingerprint density at radius 1 is 0.750 bits per heavy atom. The van der Waals surface area contributed by atoms with Gasteiger partial charge in [0.1, 0.15) is 0 Å². The van der Waals surface area contributed by atoms with Gasteiger partial charge in [0.05, 0.1) is 23.4 Å². The fourth-order valence-electron chi connectivity index (χ4n) is 2.18. The zero-order valence-electron chi connectivity index (χ0n) is 15.5. The van der Waals surface area contributed by atoms with Crippen LogP contribution in [0.3, 0.4) is 0 Å². The quantitative estimate of drug-likeness (QED) is 0.430. The van der Waals surface area contributed by atoms with E-state index in [0.717, 1.165) is 11.0 Å². The van der Waals surface area contributed by atoms with Gasteiger partial charge in [-0.2, -0.15) is 10.2 Å². The Kier molecular flexibility index (Phi) is 8.26. The summed E-state index contributed by atoms with van der Waals surface area (Å²) in [5, 5.41) is 16.1. The van der Waals surface area contributed by atoms with Crippen LogP contribution in [0.1, 0.15) is 38.8 Å². The highest BCUT2D eigenvalue weighted by Crippen LogP contribution is 2.13. The van der Waals surface area contributed by atoms with Gasteiger partial charge >= 0.3 is 0 Å². The number of aryl methyl sites for hydroxylation is 2. The van der Waals surface area contributed by atoms with Gasteiger partial charge in [0.2, 0.25) is 0 Å². The van der Waals surface area contributed by atoms with Crippen LogP contribution < -0.4 is 0 Å². The number of aromatic nitrogens is 4. The van der Waals surface area contributed by atoms with Gasteiger partial charge in [-0.25, -0.2) is 0 Å². The Morgan fingerprint density at radius 2 is 1.42 bits per heavy atom. The zero-order chi connectivity index (χ0) is 17.9. The van der Waals surface area contributed by atoms with E-state index in [1.807, 2.05) is 58.3 Å². The molecule has 128 valence electrons. The minimum atomic E-state index is 1.10. The van der Waals surface area contributed by atoms with E-state index in [4.69, 9.17) is 0 Å². The molecule has 0 aliphatic carbocycles. The Hall–Kier alpha value is -2.62. The van der Waals surface area contributed by atoms with Gasteiger partial charge in [-0.05, 0) is 37.6 Å². The largest absolute Gasteiger partial charge is 0.278 e. The molecular weight excluding hydrogens is 296 g/mol. The molecule has 0 radical (unpaired) electrons. The molecule has 0 bridgehead atoms. The van der Waals surface area contributed by atoms with E-state index >= 15 is 0 Å². The number of fused-ring (bicyclic) bond motifs is 2. The second-order valence-corrected chi connectivity index (χ2v) is 4.87. The van der Waals surface area contributed by atoms with Gasteiger partial charge in [0, 0.05) is 10.8 Å². The van der Waals surface area contributed by atoms with Crippen LogP contribution >= 0.6 is 0 Å². The third-order valence-corrected chi connectivity index (χ3v) is 3.30. The monoisotopic (exact) mass is 324 g/mol. The summed E-state index contributed by atoms with van der Waals surface area (Å²) in [4.78, 5) is 0. The summed E-state index contributed by atoms with van der Waals surface area (Å²) in [6.07, 6.45) is 3.69. The standard InChI is InChI=1S/2C8H8N2.2C2H6/c1-6-2-3-8-7(4-6)5-9-10-8;1-6-3-2-4-8-7(6)5-9-10-8;2*1-2/h2*2-5H,1H3,(H,9,10);2*1-2H3. The molecule has 0 spiro atoms. The van der Waals surface area contributed by atoms with Crippen molar-refractivity contribution in [2.45, 2.75) is 41.5 Å². The average Bonchev–Trinajstić information content (AvgIpc) is 3.28. The maximum atomic E-state index is 3.94. The number of nitrogens with one attached hydrogen (secondary N) is 2. The highest BCUT2D eigenvalue weighted by Gasteiger charge is 1.95. The molecule has 0 aliphatic rings. The molecule has 0 unspecified atom stereocenters. The average molecular weight is 324 g/mol. The van der Waals surface area contributed by atoms with Crippen molar-refractivity contribution in [3.8, 4) is 0 Å². The van der Waals surface area contributed by atoms with Crippen molar-refractivity contribution in [1.29, 1.82) is 0 Å². The lowest BCUT2D eigenvalue weighted by atomic mass is 10.2. The topological polar surface area (TPSA) is 57.4 Å². The van der Waals surface area contributed by atoms with Gasteiger partial charge < -0.3 is 0 Å². The normalized spacial score (nSPS) is 9.25. The molecule has 4 aromatic rings. The summed E-state index contributed by atoms with van der Waals surface area (Å²) in [6, 6.07) is 12.3. The van der Waals surface area contributed by atoms with Crippen LogP contribution in [-0.2, 0) is 0 Å². The number of nitrogens with zero attached hydrogens (tertiary/aromatic N) is 2. The van der Waals surface area contributed by atoms with E-state index in [1.165, 1.54) is 21.9 Å². The molecule has 4 rings (SSSR count). The van der Waals surface area contributed by atoms with Crippen molar-refractivity contribution < 1.29 is 0 Å². The first-order valence-electron chi connectivity index (χ1n) is 8.52. The van der Waals surface area contributed by atoms with Crippen molar-refractivity contribution in [3.05, 3.63) is 59.9 Å². The summed E-state index contributed by atoms with van der Waals surface area (Å²) in [7, 11) is 0. The molecule has 2 N–H and O–H groups in total. The van der Waals surface area contributed by atoms with Crippen molar-refractivity contribution in [2.75, 3.05) is 0 Å². The lowest BCUT2D eigenvalue weighted by molar-refractivity contribution is 1.12. The lowest BCUT2D eigenvalue weighted by Crippen LogP contribution is -1.71.